The molecule has 8 heteroatoms. The summed E-state index contributed by atoms with van der Waals surface area (Å²) < 4.78 is 0. The van der Waals surface area contributed by atoms with Crippen LogP contribution in [0.4, 0.5) is 0 Å². The number of likely N-dealkylation sites (tertiary alicyclic amines) is 1. The minimum Gasteiger partial charge on any atom is -0.369 e. The van der Waals surface area contributed by atoms with Crippen LogP contribution in [0.15, 0.2) is 22.3 Å². The minimum atomic E-state index is -0.228. The molecule has 0 spiro atoms. The standard InChI is InChI=1S/C18H20N4O2S2/c1-10-4-5-13(26-10)12-9-25-18-15(12)17(24)20-14(21-18)8-22-6-2-3-11(7-22)16(19)23/h4-5,9,11H,2-3,6-8H2,1H3,(H2,19,23)(H,20,21,24)/p+1/t11-/m0/s1. The van der Waals surface area contributed by atoms with E-state index in [1.807, 2.05) is 5.38 Å². The van der Waals surface area contributed by atoms with Gasteiger partial charge in [0, 0.05) is 20.7 Å². The normalized spacial score (nSPS) is 20.5. The topological polar surface area (TPSA) is 93.3 Å². The van der Waals surface area contributed by atoms with Crippen molar-refractivity contribution in [3.8, 4) is 10.4 Å². The number of nitrogens with zero attached hydrogens (tertiary/aromatic N) is 1. The Labute approximate surface area is 158 Å². The maximum atomic E-state index is 12.7. The number of hydrogen-bond donors (Lipinski definition) is 3. The lowest BCUT2D eigenvalue weighted by Crippen LogP contribution is -3.12. The van der Waals surface area contributed by atoms with E-state index in [1.165, 1.54) is 21.1 Å². The Hall–Kier alpha value is -2.03. The first kappa shape index (κ1) is 17.4. The first-order valence-corrected chi connectivity index (χ1v) is 10.4. The van der Waals surface area contributed by atoms with Crippen molar-refractivity contribution in [2.45, 2.75) is 26.3 Å². The number of nitrogens with two attached hydrogens (primary N) is 1. The summed E-state index contributed by atoms with van der Waals surface area (Å²) in [5.41, 5.74) is 6.33. The second-order valence-corrected chi connectivity index (χ2v) is 9.02. The van der Waals surface area contributed by atoms with E-state index < -0.39 is 0 Å². The Balaban J connectivity index is 1.62. The second kappa shape index (κ2) is 6.94. The zero-order valence-corrected chi connectivity index (χ0v) is 16.1. The van der Waals surface area contributed by atoms with Gasteiger partial charge in [0.2, 0.25) is 5.91 Å². The van der Waals surface area contributed by atoms with Crippen LogP contribution in [-0.2, 0) is 11.3 Å². The highest BCUT2D eigenvalue weighted by atomic mass is 32.1. The molecule has 1 fully saturated rings. The van der Waals surface area contributed by atoms with Crippen LogP contribution in [0.3, 0.4) is 0 Å². The number of aryl methyl sites for hydroxylation is 1. The van der Waals surface area contributed by atoms with Gasteiger partial charge >= 0.3 is 0 Å². The largest absolute Gasteiger partial charge is 0.369 e. The van der Waals surface area contributed by atoms with Gasteiger partial charge in [-0.25, -0.2) is 4.98 Å². The molecule has 26 heavy (non-hydrogen) atoms. The van der Waals surface area contributed by atoms with Crippen LogP contribution >= 0.6 is 22.7 Å². The van der Waals surface area contributed by atoms with E-state index >= 15 is 0 Å². The van der Waals surface area contributed by atoms with Crippen LogP contribution < -0.4 is 16.2 Å². The molecule has 3 aromatic heterocycles. The van der Waals surface area contributed by atoms with Gasteiger partial charge in [0.15, 0.2) is 5.82 Å². The van der Waals surface area contributed by atoms with Gasteiger partial charge in [0.25, 0.3) is 5.56 Å². The quantitative estimate of drug-likeness (QED) is 0.628. The molecule has 1 unspecified atom stereocenters. The fourth-order valence-electron chi connectivity index (χ4n) is 3.63. The number of carbonyl (C=O) groups excluding carboxylic acids is 1. The third-order valence-corrected chi connectivity index (χ3v) is 6.84. The number of amides is 1. The van der Waals surface area contributed by atoms with Crippen LogP contribution in [-0.4, -0.2) is 29.0 Å². The molecular formula is C18H21N4O2S2+. The highest BCUT2D eigenvalue weighted by molar-refractivity contribution is 7.19. The van der Waals surface area contributed by atoms with Crippen molar-refractivity contribution in [1.82, 2.24) is 9.97 Å². The molecule has 4 N–H and O–H groups in total. The van der Waals surface area contributed by atoms with Gasteiger partial charge in [-0.1, -0.05) is 0 Å². The molecule has 1 saturated heterocycles. The van der Waals surface area contributed by atoms with E-state index in [9.17, 15) is 9.59 Å². The van der Waals surface area contributed by atoms with Gasteiger partial charge in [0.05, 0.1) is 24.4 Å². The number of nitrogens with one attached hydrogen (secondary N) is 2. The zero-order chi connectivity index (χ0) is 18.3. The predicted molar refractivity (Wildman–Crippen MR) is 105 cm³/mol. The molecule has 6 nitrogen and oxygen atoms in total. The highest BCUT2D eigenvalue weighted by Gasteiger charge is 2.27. The first-order chi connectivity index (χ1) is 12.5. The zero-order valence-electron chi connectivity index (χ0n) is 14.5. The summed E-state index contributed by atoms with van der Waals surface area (Å²) in [5, 5.41) is 2.68. The van der Waals surface area contributed by atoms with Crippen molar-refractivity contribution in [3.05, 3.63) is 38.6 Å². The predicted octanol–water partition coefficient (Wildman–Crippen LogP) is 1.30. The van der Waals surface area contributed by atoms with Crippen LogP contribution in [0.2, 0.25) is 0 Å². The highest BCUT2D eigenvalue weighted by Crippen LogP contribution is 2.34. The molecule has 0 saturated carbocycles. The number of carbonyl (C=O) groups is 1. The number of aromatic amines is 1. The lowest BCUT2D eigenvalue weighted by molar-refractivity contribution is -0.921. The van der Waals surface area contributed by atoms with E-state index in [0.29, 0.717) is 24.3 Å². The van der Waals surface area contributed by atoms with Crippen molar-refractivity contribution < 1.29 is 9.69 Å². The molecule has 0 aliphatic carbocycles. The minimum absolute atomic E-state index is 0.0791. The molecule has 1 amide bonds. The molecule has 0 aromatic carbocycles. The van der Waals surface area contributed by atoms with Gasteiger partial charge < -0.3 is 15.6 Å². The maximum absolute atomic E-state index is 12.7. The van der Waals surface area contributed by atoms with Gasteiger partial charge in [-0.15, -0.1) is 22.7 Å². The van der Waals surface area contributed by atoms with E-state index in [2.05, 4.69) is 29.0 Å². The average molecular weight is 390 g/mol. The van der Waals surface area contributed by atoms with Crippen molar-refractivity contribution in [3.63, 3.8) is 0 Å². The monoisotopic (exact) mass is 389 g/mol. The van der Waals surface area contributed by atoms with Crippen molar-refractivity contribution in [1.29, 1.82) is 0 Å². The van der Waals surface area contributed by atoms with Crippen molar-refractivity contribution in [2.24, 2.45) is 11.7 Å². The third kappa shape index (κ3) is 3.32. The van der Waals surface area contributed by atoms with E-state index in [4.69, 9.17) is 5.73 Å². The molecule has 2 atom stereocenters. The summed E-state index contributed by atoms with van der Waals surface area (Å²) in [6.45, 7) is 4.35. The van der Waals surface area contributed by atoms with Gasteiger partial charge in [-0.2, -0.15) is 0 Å². The molecule has 3 aromatic rings. The third-order valence-electron chi connectivity index (χ3n) is 4.94. The maximum Gasteiger partial charge on any atom is 0.260 e. The molecule has 1 aliphatic rings. The fraction of sp³-hybridized carbons (Fsp3) is 0.389. The van der Waals surface area contributed by atoms with Crippen LogP contribution in [0.1, 0.15) is 23.5 Å². The molecule has 4 rings (SSSR count). The lowest BCUT2D eigenvalue weighted by atomic mass is 9.97. The summed E-state index contributed by atoms with van der Waals surface area (Å²) >= 11 is 3.19. The first-order valence-electron chi connectivity index (χ1n) is 8.71. The molecule has 4 heterocycles. The van der Waals surface area contributed by atoms with Crippen LogP contribution in [0.25, 0.3) is 20.7 Å². The molecule has 0 radical (unpaired) electrons. The number of piperidine rings is 1. The summed E-state index contributed by atoms with van der Waals surface area (Å²) in [5.74, 6) is 0.372. The van der Waals surface area contributed by atoms with Gasteiger partial charge in [-0.3, -0.25) is 9.59 Å². The molecule has 1 aliphatic heterocycles. The van der Waals surface area contributed by atoms with Crippen LogP contribution in [0, 0.1) is 12.8 Å². The second-order valence-electron chi connectivity index (χ2n) is 6.87. The fourth-order valence-corrected chi connectivity index (χ4v) is 5.55. The van der Waals surface area contributed by atoms with Gasteiger partial charge in [-0.05, 0) is 31.9 Å². The van der Waals surface area contributed by atoms with E-state index in [0.717, 1.165) is 34.7 Å². The Bertz CT molecular complexity index is 1020. The summed E-state index contributed by atoms with van der Waals surface area (Å²) in [6, 6.07) is 4.12. The number of quaternary nitrogens is 1. The summed E-state index contributed by atoms with van der Waals surface area (Å²) in [6.07, 6.45) is 1.83. The SMILES string of the molecule is Cc1ccc(-c2csc3nc(C[NH+]4CCC[C@H](C(N)=O)C4)[nH]c(=O)c23)s1. The number of thiophene rings is 2. The number of H-pyrrole nitrogens is 1. The number of primary amides is 1. The smallest absolute Gasteiger partial charge is 0.260 e. The average Bonchev–Trinajstić information content (AvgIpc) is 3.21. The number of rotatable bonds is 4. The Kier molecular flexibility index (Phi) is 4.64. The van der Waals surface area contributed by atoms with Gasteiger partial charge in [0.1, 0.15) is 11.4 Å². The van der Waals surface area contributed by atoms with Crippen molar-refractivity contribution in [2.75, 3.05) is 13.1 Å². The number of fused-ring (bicyclic) bond motifs is 1. The Morgan fingerprint density at radius 3 is 3.04 bits per heavy atom. The molecule has 136 valence electrons. The summed E-state index contributed by atoms with van der Waals surface area (Å²) in [4.78, 5) is 36.1. The summed E-state index contributed by atoms with van der Waals surface area (Å²) in [7, 11) is 0. The van der Waals surface area contributed by atoms with E-state index in [1.54, 1.807) is 11.3 Å². The molecule has 0 bridgehead atoms. The number of hydrogen-bond acceptors (Lipinski definition) is 5. The Morgan fingerprint density at radius 1 is 1.46 bits per heavy atom. The van der Waals surface area contributed by atoms with Crippen molar-refractivity contribution >= 4 is 38.8 Å². The number of aromatic nitrogens is 2. The van der Waals surface area contributed by atoms with E-state index in [-0.39, 0.29) is 17.4 Å². The lowest BCUT2D eigenvalue weighted by Gasteiger charge is -2.27. The molecular weight excluding hydrogens is 368 g/mol. The Morgan fingerprint density at radius 2 is 2.31 bits per heavy atom. The van der Waals surface area contributed by atoms with Crippen LogP contribution in [0.5, 0.6) is 0 Å².